The maximum absolute atomic E-state index is 8.77. The highest BCUT2D eigenvalue weighted by Crippen LogP contribution is 2.33. The zero-order valence-electron chi connectivity index (χ0n) is 9.86. The average molecular weight is 313 g/mol. The Bertz CT molecular complexity index is 647. The fourth-order valence-corrected chi connectivity index (χ4v) is 2.17. The van der Waals surface area contributed by atoms with Gasteiger partial charge in [0.1, 0.15) is 5.15 Å². The number of pyridine rings is 1. The standard InChI is InChI=1S/C13H8Cl3N3/c1-19(9-4-2-8(7-17)3-5-9)13-11(15)6-10(14)12(16)18-13/h2-6H,1H3. The van der Waals surface area contributed by atoms with Crippen LogP contribution >= 0.6 is 34.8 Å². The molecular weight excluding hydrogens is 305 g/mol. The summed E-state index contributed by atoms with van der Waals surface area (Å²) in [6.07, 6.45) is 0. The van der Waals surface area contributed by atoms with Gasteiger partial charge in [0.2, 0.25) is 0 Å². The van der Waals surface area contributed by atoms with E-state index in [1.54, 1.807) is 42.3 Å². The lowest BCUT2D eigenvalue weighted by atomic mass is 10.2. The Morgan fingerprint density at radius 3 is 2.32 bits per heavy atom. The van der Waals surface area contributed by atoms with Gasteiger partial charge in [0.25, 0.3) is 0 Å². The van der Waals surface area contributed by atoms with Gasteiger partial charge < -0.3 is 4.90 Å². The SMILES string of the molecule is CN(c1ccc(C#N)cc1)c1nc(Cl)c(Cl)cc1Cl. The second-order valence-electron chi connectivity index (χ2n) is 3.78. The average Bonchev–Trinajstić information content (AvgIpc) is 2.42. The normalized spacial score (nSPS) is 10.1. The van der Waals surface area contributed by atoms with Crippen molar-refractivity contribution in [3.05, 3.63) is 51.1 Å². The Kier molecular flexibility index (Phi) is 4.16. The zero-order valence-corrected chi connectivity index (χ0v) is 12.1. The first-order valence-corrected chi connectivity index (χ1v) is 6.41. The molecule has 6 heteroatoms. The first-order chi connectivity index (χ1) is 9.02. The number of halogens is 3. The molecule has 19 heavy (non-hydrogen) atoms. The topological polar surface area (TPSA) is 39.9 Å². The van der Waals surface area contributed by atoms with Crippen molar-refractivity contribution in [1.82, 2.24) is 4.98 Å². The summed E-state index contributed by atoms with van der Waals surface area (Å²) >= 11 is 17.8. The zero-order chi connectivity index (χ0) is 14.0. The largest absolute Gasteiger partial charge is 0.328 e. The van der Waals surface area contributed by atoms with Crippen molar-refractivity contribution < 1.29 is 0 Å². The fraction of sp³-hybridized carbons (Fsp3) is 0.0769. The van der Waals surface area contributed by atoms with Crippen molar-refractivity contribution >= 4 is 46.3 Å². The lowest BCUT2D eigenvalue weighted by molar-refractivity contribution is 1.13. The van der Waals surface area contributed by atoms with Gasteiger partial charge in [0.05, 0.1) is 21.7 Å². The highest BCUT2D eigenvalue weighted by atomic mass is 35.5. The first-order valence-electron chi connectivity index (χ1n) is 5.28. The van der Waals surface area contributed by atoms with E-state index in [0.717, 1.165) is 5.69 Å². The van der Waals surface area contributed by atoms with Crippen molar-refractivity contribution in [3.8, 4) is 6.07 Å². The van der Waals surface area contributed by atoms with Crippen LogP contribution in [0.1, 0.15) is 5.56 Å². The van der Waals surface area contributed by atoms with E-state index in [0.29, 0.717) is 21.4 Å². The molecule has 0 spiro atoms. The van der Waals surface area contributed by atoms with E-state index in [-0.39, 0.29) is 5.15 Å². The molecule has 0 aliphatic heterocycles. The van der Waals surface area contributed by atoms with E-state index in [2.05, 4.69) is 11.1 Å². The Morgan fingerprint density at radius 1 is 1.11 bits per heavy atom. The summed E-state index contributed by atoms with van der Waals surface area (Å²) in [5, 5.41) is 9.67. The molecule has 0 fully saturated rings. The highest BCUT2D eigenvalue weighted by Gasteiger charge is 2.13. The van der Waals surface area contributed by atoms with Crippen LogP contribution in [-0.4, -0.2) is 12.0 Å². The number of nitriles is 1. The molecule has 1 heterocycles. The molecule has 0 unspecified atom stereocenters. The maximum atomic E-state index is 8.77. The molecule has 0 aliphatic rings. The predicted molar refractivity (Wildman–Crippen MR) is 78.5 cm³/mol. The van der Waals surface area contributed by atoms with Gasteiger partial charge in [-0.2, -0.15) is 5.26 Å². The summed E-state index contributed by atoms with van der Waals surface area (Å²) in [5.41, 5.74) is 1.43. The predicted octanol–water partition coefficient (Wildman–Crippen LogP) is 4.68. The third kappa shape index (κ3) is 2.93. The summed E-state index contributed by atoms with van der Waals surface area (Å²) in [4.78, 5) is 5.92. The lowest BCUT2D eigenvalue weighted by Crippen LogP contribution is -2.11. The number of aromatic nitrogens is 1. The smallest absolute Gasteiger partial charge is 0.153 e. The highest BCUT2D eigenvalue weighted by molar-refractivity contribution is 6.43. The van der Waals surface area contributed by atoms with Gasteiger partial charge in [-0.15, -0.1) is 0 Å². The third-order valence-corrected chi connectivity index (χ3v) is 3.52. The van der Waals surface area contributed by atoms with Gasteiger partial charge in [-0.25, -0.2) is 4.98 Å². The fourth-order valence-electron chi connectivity index (χ4n) is 1.55. The summed E-state index contributed by atoms with van der Waals surface area (Å²) < 4.78 is 0. The molecule has 0 bridgehead atoms. The molecule has 96 valence electrons. The minimum absolute atomic E-state index is 0.196. The number of hydrogen-bond acceptors (Lipinski definition) is 3. The van der Waals surface area contributed by atoms with Gasteiger partial charge in [-0.05, 0) is 30.3 Å². The Hall–Kier alpha value is -1.47. The molecule has 0 saturated heterocycles. The molecule has 3 nitrogen and oxygen atoms in total. The van der Waals surface area contributed by atoms with Crippen LogP contribution in [-0.2, 0) is 0 Å². The van der Waals surface area contributed by atoms with Gasteiger partial charge in [0.15, 0.2) is 5.82 Å². The molecule has 1 aromatic heterocycles. The molecule has 0 radical (unpaired) electrons. The minimum atomic E-state index is 0.196. The van der Waals surface area contributed by atoms with Crippen LogP contribution in [0.3, 0.4) is 0 Å². The molecule has 0 atom stereocenters. The van der Waals surface area contributed by atoms with Crippen LogP contribution in [0.15, 0.2) is 30.3 Å². The van der Waals surface area contributed by atoms with Gasteiger partial charge in [-0.3, -0.25) is 0 Å². The van der Waals surface area contributed by atoms with Crippen LogP contribution in [0, 0.1) is 11.3 Å². The molecular formula is C13H8Cl3N3. The van der Waals surface area contributed by atoms with Crippen LogP contribution in [0.25, 0.3) is 0 Å². The molecule has 0 aliphatic carbocycles. The van der Waals surface area contributed by atoms with E-state index in [9.17, 15) is 0 Å². The van der Waals surface area contributed by atoms with E-state index in [1.807, 2.05) is 0 Å². The second-order valence-corrected chi connectivity index (χ2v) is 4.96. The maximum Gasteiger partial charge on any atom is 0.153 e. The van der Waals surface area contributed by atoms with Crippen molar-refractivity contribution in [2.75, 3.05) is 11.9 Å². The number of benzene rings is 1. The van der Waals surface area contributed by atoms with E-state index in [1.165, 1.54) is 0 Å². The van der Waals surface area contributed by atoms with Crippen molar-refractivity contribution in [2.45, 2.75) is 0 Å². The Balaban J connectivity index is 2.41. The molecule has 2 aromatic rings. The first kappa shape index (κ1) is 14.0. The summed E-state index contributed by atoms with van der Waals surface area (Å²) in [6, 6.07) is 10.7. The molecule has 0 saturated carbocycles. The Morgan fingerprint density at radius 2 is 1.74 bits per heavy atom. The van der Waals surface area contributed by atoms with Crippen molar-refractivity contribution in [3.63, 3.8) is 0 Å². The number of anilines is 2. The van der Waals surface area contributed by atoms with Crippen LogP contribution in [0.2, 0.25) is 15.2 Å². The van der Waals surface area contributed by atoms with Crippen molar-refractivity contribution in [2.24, 2.45) is 0 Å². The van der Waals surface area contributed by atoms with E-state index < -0.39 is 0 Å². The summed E-state index contributed by atoms with van der Waals surface area (Å²) in [7, 11) is 1.81. The van der Waals surface area contributed by atoms with Gasteiger partial charge in [0, 0.05) is 12.7 Å². The van der Waals surface area contributed by atoms with Crippen molar-refractivity contribution in [1.29, 1.82) is 5.26 Å². The Labute approximate surface area is 126 Å². The molecule has 0 amide bonds. The molecule has 1 aromatic carbocycles. The second kappa shape index (κ2) is 5.66. The van der Waals surface area contributed by atoms with Crippen LogP contribution in [0.5, 0.6) is 0 Å². The van der Waals surface area contributed by atoms with Crippen LogP contribution < -0.4 is 4.90 Å². The van der Waals surface area contributed by atoms with Gasteiger partial charge >= 0.3 is 0 Å². The molecule has 0 N–H and O–H groups in total. The third-order valence-electron chi connectivity index (χ3n) is 2.57. The van der Waals surface area contributed by atoms with Gasteiger partial charge in [-0.1, -0.05) is 34.8 Å². The number of rotatable bonds is 2. The van der Waals surface area contributed by atoms with E-state index in [4.69, 9.17) is 40.1 Å². The minimum Gasteiger partial charge on any atom is -0.328 e. The van der Waals surface area contributed by atoms with Crippen LogP contribution in [0.4, 0.5) is 11.5 Å². The van der Waals surface area contributed by atoms with E-state index >= 15 is 0 Å². The summed E-state index contributed by atoms with van der Waals surface area (Å²) in [5.74, 6) is 0.501. The number of hydrogen-bond donors (Lipinski definition) is 0. The number of nitrogens with zero attached hydrogens (tertiary/aromatic N) is 3. The monoisotopic (exact) mass is 311 g/mol. The lowest BCUT2D eigenvalue weighted by Gasteiger charge is -2.20. The summed E-state index contributed by atoms with van der Waals surface area (Å²) in [6.45, 7) is 0. The quantitative estimate of drug-likeness (QED) is 0.756. The molecule has 2 rings (SSSR count).